The van der Waals surface area contributed by atoms with E-state index in [1.807, 2.05) is 0 Å². The molecule has 5 nitrogen and oxygen atoms in total. The van der Waals surface area contributed by atoms with Crippen LogP contribution in [0.4, 0.5) is 10.3 Å². The third kappa shape index (κ3) is 6.16. The SMILES string of the molecule is O=C(NCCC1=CCCCC1)c1ccnc(NCCc2ccc(F)cc2)n1. The highest BCUT2D eigenvalue weighted by molar-refractivity contribution is 5.92. The maximum atomic E-state index is 12.9. The summed E-state index contributed by atoms with van der Waals surface area (Å²) in [5.74, 6) is -0.0105. The van der Waals surface area contributed by atoms with E-state index in [2.05, 4.69) is 26.7 Å². The second-order valence-corrected chi connectivity index (χ2v) is 6.68. The normalized spacial score (nSPS) is 13.7. The number of amides is 1. The molecule has 1 amide bonds. The van der Waals surface area contributed by atoms with Crippen molar-refractivity contribution in [3.05, 3.63) is 65.3 Å². The molecule has 2 N–H and O–H groups in total. The van der Waals surface area contributed by atoms with Gasteiger partial charge in [0.15, 0.2) is 0 Å². The Kier molecular flexibility index (Phi) is 6.90. The van der Waals surface area contributed by atoms with Crippen LogP contribution in [0.1, 0.15) is 48.2 Å². The van der Waals surface area contributed by atoms with Crippen LogP contribution >= 0.6 is 0 Å². The van der Waals surface area contributed by atoms with Crippen LogP contribution in [0, 0.1) is 5.82 Å². The number of carbonyl (C=O) groups is 1. The number of aromatic nitrogens is 2. The quantitative estimate of drug-likeness (QED) is 0.694. The first kappa shape index (κ1) is 19.0. The van der Waals surface area contributed by atoms with Gasteiger partial charge in [0.25, 0.3) is 5.91 Å². The number of benzene rings is 1. The molecule has 3 rings (SSSR count). The van der Waals surface area contributed by atoms with Crippen molar-refractivity contribution in [1.29, 1.82) is 0 Å². The molecule has 1 heterocycles. The van der Waals surface area contributed by atoms with Gasteiger partial charge in [-0.3, -0.25) is 4.79 Å². The number of hydrogen-bond donors (Lipinski definition) is 2. The summed E-state index contributed by atoms with van der Waals surface area (Å²) >= 11 is 0. The molecule has 0 atom stereocenters. The number of carbonyl (C=O) groups excluding carboxylic acids is 1. The van der Waals surface area contributed by atoms with Crippen LogP contribution in [-0.2, 0) is 6.42 Å². The van der Waals surface area contributed by atoms with E-state index < -0.39 is 0 Å². The summed E-state index contributed by atoms with van der Waals surface area (Å²) in [6.45, 7) is 1.23. The molecule has 1 aromatic carbocycles. The van der Waals surface area contributed by atoms with Gasteiger partial charge in [0.1, 0.15) is 11.5 Å². The molecule has 142 valence electrons. The topological polar surface area (TPSA) is 66.9 Å². The molecule has 1 aromatic heterocycles. The van der Waals surface area contributed by atoms with Crippen LogP contribution in [-0.4, -0.2) is 29.0 Å². The van der Waals surface area contributed by atoms with Crippen LogP contribution in [0.3, 0.4) is 0 Å². The average molecular weight is 368 g/mol. The second kappa shape index (κ2) is 9.80. The molecule has 1 aliphatic rings. The third-order valence-electron chi connectivity index (χ3n) is 4.61. The van der Waals surface area contributed by atoms with Gasteiger partial charge in [0, 0.05) is 19.3 Å². The Hall–Kier alpha value is -2.76. The standard InChI is InChI=1S/C21H25FN4O/c22-18-8-6-17(7-9-18)11-14-24-21-25-15-12-19(26-21)20(27)23-13-10-16-4-2-1-3-5-16/h4,6-9,12,15H,1-3,5,10-11,13-14H2,(H,23,27)(H,24,25,26). The lowest BCUT2D eigenvalue weighted by molar-refractivity contribution is 0.0949. The summed E-state index contributed by atoms with van der Waals surface area (Å²) < 4.78 is 12.9. The predicted octanol–water partition coefficient (Wildman–Crippen LogP) is 3.89. The molecular weight excluding hydrogens is 343 g/mol. The zero-order valence-electron chi connectivity index (χ0n) is 15.4. The Bertz CT molecular complexity index is 789. The fraction of sp³-hybridized carbons (Fsp3) is 0.381. The van der Waals surface area contributed by atoms with E-state index >= 15 is 0 Å². The van der Waals surface area contributed by atoms with Crippen LogP contribution in [0.25, 0.3) is 0 Å². The molecule has 1 aliphatic carbocycles. The van der Waals surface area contributed by atoms with E-state index in [4.69, 9.17) is 0 Å². The molecule has 0 aliphatic heterocycles. The van der Waals surface area contributed by atoms with Gasteiger partial charge in [0.05, 0.1) is 0 Å². The molecule has 6 heteroatoms. The van der Waals surface area contributed by atoms with Crippen molar-refractivity contribution >= 4 is 11.9 Å². The first-order valence-corrected chi connectivity index (χ1v) is 9.48. The number of hydrogen-bond acceptors (Lipinski definition) is 4. The summed E-state index contributed by atoms with van der Waals surface area (Å²) in [5, 5.41) is 6.03. The minimum Gasteiger partial charge on any atom is -0.354 e. The Morgan fingerprint density at radius 3 is 2.70 bits per heavy atom. The monoisotopic (exact) mass is 368 g/mol. The van der Waals surface area contributed by atoms with Gasteiger partial charge in [-0.25, -0.2) is 14.4 Å². The van der Waals surface area contributed by atoms with E-state index in [0.29, 0.717) is 24.7 Å². The van der Waals surface area contributed by atoms with Crippen molar-refractivity contribution < 1.29 is 9.18 Å². The van der Waals surface area contributed by atoms with Gasteiger partial charge in [-0.1, -0.05) is 23.8 Å². The van der Waals surface area contributed by atoms with E-state index in [-0.39, 0.29) is 11.7 Å². The van der Waals surface area contributed by atoms with Crippen molar-refractivity contribution in [2.75, 3.05) is 18.4 Å². The molecule has 2 aromatic rings. The summed E-state index contributed by atoms with van der Waals surface area (Å²) in [5.41, 5.74) is 2.81. The zero-order valence-corrected chi connectivity index (χ0v) is 15.4. The molecule has 0 radical (unpaired) electrons. The highest BCUT2D eigenvalue weighted by Crippen LogP contribution is 2.19. The van der Waals surface area contributed by atoms with Gasteiger partial charge in [-0.2, -0.15) is 0 Å². The van der Waals surface area contributed by atoms with Gasteiger partial charge < -0.3 is 10.6 Å². The van der Waals surface area contributed by atoms with Crippen molar-refractivity contribution in [3.8, 4) is 0 Å². The Balaban J connectivity index is 1.45. The highest BCUT2D eigenvalue weighted by atomic mass is 19.1. The molecule has 0 unspecified atom stereocenters. The number of nitrogens with one attached hydrogen (secondary N) is 2. The first-order valence-electron chi connectivity index (χ1n) is 9.48. The smallest absolute Gasteiger partial charge is 0.270 e. The van der Waals surface area contributed by atoms with Gasteiger partial charge in [-0.05, 0) is 62.3 Å². The fourth-order valence-electron chi connectivity index (χ4n) is 3.10. The summed E-state index contributed by atoms with van der Waals surface area (Å²) in [6, 6.07) is 8.01. The van der Waals surface area contributed by atoms with Crippen molar-refractivity contribution in [3.63, 3.8) is 0 Å². The van der Waals surface area contributed by atoms with Crippen molar-refractivity contribution in [2.24, 2.45) is 0 Å². The third-order valence-corrected chi connectivity index (χ3v) is 4.61. The Labute approximate surface area is 159 Å². The predicted molar refractivity (Wildman–Crippen MR) is 104 cm³/mol. The number of halogens is 1. The average Bonchev–Trinajstić information content (AvgIpc) is 2.70. The molecule has 0 spiro atoms. The van der Waals surface area contributed by atoms with E-state index in [0.717, 1.165) is 31.2 Å². The zero-order chi connectivity index (χ0) is 18.9. The summed E-state index contributed by atoms with van der Waals surface area (Å²) in [4.78, 5) is 20.7. The maximum Gasteiger partial charge on any atom is 0.270 e. The summed E-state index contributed by atoms with van der Waals surface area (Å²) in [6.07, 6.45) is 10.3. The van der Waals surface area contributed by atoms with Gasteiger partial charge in [-0.15, -0.1) is 0 Å². The molecular formula is C21H25FN4O. The van der Waals surface area contributed by atoms with Gasteiger partial charge >= 0.3 is 0 Å². The maximum absolute atomic E-state index is 12.9. The van der Waals surface area contributed by atoms with Crippen LogP contribution in [0.2, 0.25) is 0 Å². The van der Waals surface area contributed by atoms with Crippen LogP contribution in [0.5, 0.6) is 0 Å². The minimum absolute atomic E-state index is 0.185. The Morgan fingerprint density at radius 1 is 1.07 bits per heavy atom. The molecule has 0 fully saturated rings. The van der Waals surface area contributed by atoms with E-state index in [9.17, 15) is 9.18 Å². The van der Waals surface area contributed by atoms with Gasteiger partial charge in [0.2, 0.25) is 5.95 Å². The van der Waals surface area contributed by atoms with E-state index in [1.54, 1.807) is 24.4 Å². The molecule has 0 saturated carbocycles. The van der Waals surface area contributed by atoms with Crippen LogP contribution in [0.15, 0.2) is 48.2 Å². The lowest BCUT2D eigenvalue weighted by Gasteiger charge is -2.13. The number of anilines is 1. The minimum atomic E-state index is -0.242. The fourth-order valence-corrected chi connectivity index (χ4v) is 3.10. The Morgan fingerprint density at radius 2 is 1.93 bits per heavy atom. The number of allylic oxidation sites excluding steroid dienone is 1. The van der Waals surface area contributed by atoms with E-state index in [1.165, 1.54) is 30.5 Å². The van der Waals surface area contributed by atoms with Crippen molar-refractivity contribution in [1.82, 2.24) is 15.3 Å². The molecule has 27 heavy (non-hydrogen) atoms. The largest absolute Gasteiger partial charge is 0.354 e. The molecule has 0 saturated heterocycles. The second-order valence-electron chi connectivity index (χ2n) is 6.68. The number of rotatable bonds is 8. The highest BCUT2D eigenvalue weighted by Gasteiger charge is 2.09. The molecule has 0 bridgehead atoms. The lowest BCUT2D eigenvalue weighted by atomic mass is 9.97. The number of nitrogens with zero attached hydrogens (tertiary/aromatic N) is 2. The lowest BCUT2D eigenvalue weighted by Crippen LogP contribution is -2.26. The summed E-state index contributed by atoms with van der Waals surface area (Å²) in [7, 11) is 0. The first-order chi connectivity index (χ1) is 13.2. The van der Waals surface area contributed by atoms with Crippen LogP contribution < -0.4 is 10.6 Å². The van der Waals surface area contributed by atoms with Crippen molar-refractivity contribution in [2.45, 2.75) is 38.5 Å².